The van der Waals surface area contributed by atoms with E-state index in [1.54, 1.807) is 0 Å². The summed E-state index contributed by atoms with van der Waals surface area (Å²) in [7, 11) is 1.93. The van der Waals surface area contributed by atoms with E-state index in [-0.39, 0.29) is 0 Å². The van der Waals surface area contributed by atoms with E-state index in [2.05, 4.69) is 17.3 Å². The molecule has 0 bridgehead atoms. The number of aryl methyl sites for hydroxylation is 1. The van der Waals surface area contributed by atoms with Gasteiger partial charge in [0.05, 0.1) is 11.8 Å². The normalized spacial score (nSPS) is 28.5. The highest BCUT2D eigenvalue weighted by Gasteiger charge is 2.30. The quantitative estimate of drug-likeness (QED) is 0.780. The minimum atomic E-state index is -0.471. The topological polar surface area (TPSA) is 50.1 Å². The molecule has 1 aliphatic rings. The number of aromatic nitrogens is 2. The molecule has 0 aromatic carbocycles. The summed E-state index contributed by atoms with van der Waals surface area (Å²) in [5.74, 6) is 0.778. The highest BCUT2D eigenvalue weighted by molar-refractivity contribution is 5.03. The van der Waals surface area contributed by atoms with E-state index in [1.165, 1.54) is 5.56 Å². The number of rotatable bonds is 5. The Morgan fingerprint density at radius 3 is 2.83 bits per heavy atom. The molecule has 0 aliphatic heterocycles. The lowest BCUT2D eigenvalue weighted by atomic mass is 9.79. The van der Waals surface area contributed by atoms with Crippen LogP contribution >= 0.6 is 0 Å². The van der Waals surface area contributed by atoms with Crippen LogP contribution in [-0.2, 0) is 13.5 Å². The van der Waals surface area contributed by atoms with Crippen molar-refractivity contribution in [1.82, 2.24) is 15.1 Å². The van der Waals surface area contributed by atoms with E-state index in [1.807, 2.05) is 24.1 Å². The van der Waals surface area contributed by atoms with Gasteiger partial charge in [-0.05, 0) is 50.1 Å². The van der Waals surface area contributed by atoms with Gasteiger partial charge in [0.1, 0.15) is 0 Å². The monoisotopic (exact) mass is 251 g/mol. The molecule has 1 aromatic rings. The van der Waals surface area contributed by atoms with E-state index in [0.717, 1.165) is 51.1 Å². The highest BCUT2D eigenvalue weighted by Crippen LogP contribution is 2.31. The maximum atomic E-state index is 10.4. The minimum Gasteiger partial charge on any atom is -0.389 e. The second-order valence-corrected chi connectivity index (χ2v) is 5.86. The number of aliphatic hydroxyl groups is 1. The predicted molar refractivity (Wildman–Crippen MR) is 72.4 cm³/mol. The van der Waals surface area contributed by atoms with Gasteiger partial charge >= 0.3 is 0 Å². The Morgan fingerprint density at radius 2 is 2.22 bits per heavy atom. The molecule has 4 heteroatoms. The van der Waals surface area contributed by atoms with E-state index >= 15 is 0 Å². The summed E-state index contributed by atoms with van der Waals surface area (Å²) < 4.78 is 1.82. The molecule has 1 fully saturated rings. The van der Waals surface area contributed by atoms with Crippen molar-refractivity contribution in [2.24, 2.45) is 13.0 Å². The molecule has 0 saturated heterocycles. The summed E-state index contributed by atoms with van der Waals surface area (Å²) >= 11 is 0. The molecular formula is C14H25N3O. The maximum absolute atomic E-state index is 10.4. The summed E-state index contributed by atoms with van der Waals surface area (Å²) in [4.78, 5) is 0. The smallest absolute Gasteiger partial charge is 0.0771 e. The summed E-state index contributed by atoms with van der Waals surface area (Å²) in [6.45, 7) is 3.90. The Kier molecular flexibility index (Phi) is 4.40. The molecule has 0 spiro atoms. The SMILES string of the molecule is CC1CCC(O)(CNCCc2cnn(C)c2)CC1. The van der Waals surface area contributed by atoms with Crippen LogP contribution in [0.1, 0.15) is 38.2 Å². The van der Waals surface area contributed by atoms with Crippen molar-refractivity contribution in [2.45, 2.75) is 44.6 Å². The molecule has 2 rings (SSSR count). The molecule has 0 amide bonds. The van der Waals surface area contributed by atoms with Crippen molar-refractivity contribution in [3.8, 4) is 0 Å². The van der Waals surface area contributed by atoms with Crippen molar-refractivity contribution in [3.63, 3.8) is 0 Å². The maximum Gasteiger partial charge on any atom is 0.0771 e. The number of nitrogens with one attached hydrogen (secondary N) is 1. The van der Waals surface area contributed by atoms with Crippen LogP contribution in [0.4, 0.5) is 0 Å². The van der Waals surface area contributed by atoms with E-state index < -0.39 is 5.60 Å². The van der Waals surface area contributed by atoms with Gasteiger partial charge in [0.15, 0.2) is 0 Å². The first-order valence-electron chi connectivity index (χ1n) is 6.98. The Hall–Kier alpha value is -0.870. The molecule has 2 N–H and O–H groups in total. The van der Waals surface area contributed by atoms with Gasteiger partial charge < -0.3 is 10.4 Å². The lowest BCUT2D eigenvalue weighted by Gasteiger charge is -2.35. The zero-order valence-electron chi connectivity index (χ0n) is 11.5. The molecule has 18 heavy (non-hydrogen) atoms. The van der Waals surface area contributed by atoms with Gasteiger partial charge in [0.25, 0.3) is 0 Å². The predicted octanol–water partition coefficient (Wildman–Crippen LogP) is 1.49. The Labute approximate surface area is 109 Å². The molecule has 4 nitrogen and oxygen atoms in total. The summed E-state index contributed by atoms with van der Waals surface area (Å²) in [6, 6.07) is 0. The van der Waals surface area contributed by atoms with Crippen molar-refractivity contribution in [1.29, 1.82) is 0 Å². The standard InChI is InChI=1S/C14H25N3O/c1-12-3-6-14(18,7-4-12)11-15-8-5-13-9-16-17(2)10-13/h9-10,12,15,18H,3-8,11H2,1-2H3. The van der Waals surface area contributed by atoms with E-state index in [9.17, 15) is 5.11 Å². The van der Waals surface area contributed by atoms with Crippen molar-refractivity contribution >= 4 is 0 Å². The summed E-state index contributed by atoms with van der Waals surface area (Å²) in [5, 5.41) is 17.9. The van der Waals surface area contributed by atoms with Crippen LogP contribution in [0.3, 0.4) is 0 Å². The highest BCUT2D eigenvalue weighted by atomic mass is 16.3. The first-order chi connectivity index (χ1) is 8.57. The minimum absolute atomic E-state index is 0.471. The summed E-state index contributed by atoms with van der Waals surface area (Å²) in [5.41, 5.74) is 0.774. The third-order valence-electron chi connectivity index (χ3n) is 4.01. The zero-order chi connectivity index (χ0) is 13.0. The Bertz CT molecular complexity index is 367. The fourth-order valence-electron chi connectivity index (χ4n) is 2.63. The van der Waals surface area contributed by atoms with Crippen molar-refractivity contribution in [3.05, 3.63) is 18.0 Å². The molecule has 1 aliphatic carbocycles. The van der Waals surface area contributed by atoms with Crippen LogP contribution in [-0.4, -0.2) is 33.6 Å². The largest absolute Gasteiger partial charge is 0.389 e. The second kappa shape index (κ2) is 5.85. The molecule has 1 heterocycles. The number of nitrogens with zero attached hydrogens (tertiary/aromatic N) is 2. The van der Waals surface area contributed by atoms with Crippen LogP contribution in [0, 0.1) is 5.92 Å². The first kappa shape index (κ1) is 13.6. The molecule has 0 atom stereocenters. The second-order valence-electron chi connectivity index (χ2n) is 5.86. The van der Waals surface area contributed by atoms with Crippen LogP contribution in [0.15, 0.2) is 12.4 Å². The van der Waals surface area contributed by atoms with Crippen LogP contribution in [0.5, 0.6) is 0 Å². The van der Waals surface area contributed by atoms with Gasteiger partial charge in [-0.1, -0.05) is 6.92 Å². The molecule has 1 aromatic heterocycles. The summed E-state index contributed by atoms with van der Waals surface area (Å²) in [6.07, 6.45) is 9.10. The number of hydrogen-bond acceptors (Lipinski definition) is 3. The molecule has 102 valence electrons. The van der Waals surface area contributed by atoms with Crippen molar-refractivity contribution in [2.75, 3.05) is 13.1 Å². The Morgan fingerprint density at radius 1 is 1.50 bits per heavy atom. The van der Waals surface area contributed by atoms with Gasteiger partial charge in [-0.15, -0.1) is 0 Å². The van der Waals surface area contributed by atoms with E-state index in [4.69, 9.17) is 0 Å². The molecule has 0 unspecified atom stereocenters. The van der Waals surface area contributed by atoms with Gasteiger partial charge in [0.2, 0.25) is 0 Å². The fraction of sp³-hybridized carbons (Fsp3) is 0.786. The van der Waals surface area contributed by atoms with Crippen LogP contribution in [0.25, 0.3) is 0 Å². The van der Waals surface area contributed by atoms with Gasteiger partial charge in [-0.3, -0.25) is 4.68 Å². The molecule has 1 saturated carbocycles. The van der Waals surface area contributed by atoms with Crippen molar-refractivity contribution < 1.29 is 5.11 Å². The van der Waals surface area contributed by atoms with Crippen LogP contribution in [0.2, 0.25) is 0 Å². The van der Waals surface area contributed by atoms with Crippen LogP contribution < -0.4 is 5.32 Å². The Balaban J connectivity index is 1.66. The van der Waals surface area contributed by atoms with Gasteiger partial charge in [-0.25, -0.2) is 0 Å². The third-order valence-corrected chi connectivity index (χ3v) is 4.01. The third kappa shape index (κ3) is 3.82. The average molecular weight is 251 g/mol. The average Bonchev–Trinajstić information content (AvgIpc) is 2.75. The van der Waals surface area contributed by atoms with Gasteiger partial charge in [-0.2, -0.15) is 5.10 Å². The van der Waals surface area contributed by atoms with E-state index in [0.29, 0.717) is 0 Å². The first-order valence-corrected chi connectivity index (χ1v) is 6.98. The zero-order valence-corrected chi connectivity index (χ0v) is 11.5. The lowest BCUT2D eigenvalue weighted by molar-refractivity contribution is -0.00583. The molecule has 0 radical (unpaired) electrons. The fourth-order valence-corrected chi connectivity index (χ4v) is 2.63. The molecular weight excluding hydrogens is 226 g/mol. The van der Waals surface area contributed by atoms with Gasteiger partial charge in [0, 0.05) is 19.8 Å². The lowest BCUT2D eigenvalue weighted by Crippen LogP contribution is -2.43. The number of hydrogen-bond donors (Lipinski definition) is 2.